The highest BCUT2D eigenvalue weighted by Gasteiger charge is 2.16. The molecule has 0 fully saturated rings. The summed E-state index contributed by atoms with van der Waals surface area (Å²) in [5.41, 5.74) is 3.26. The van der Waals surface area contributed by atoms with Crippen LogP contribution in [0.2, 0.25) is 0 Å². The molecule has 0 bridgehead atoms. The first-order valence-electron chi connectivity index (χ1n) is 8.56. The van der Waals surface area contributed by atoms with Gasteiger partial charge in [-0.1, -0.05) is 6.07 Å². The smallest absolute Gasteiger partial charge is 0.340 e. The van der Waals surface area contributed by atoms with Gasteiger partial charge >= 0.3 is 5.97 Å². The van der Waals surface area contributed by atoms with Crippen molar-refractivity contribution in [3.8, 4) is 5.75 Å². The molecule has 0 spiro atoms. The maximum Gasteiger partial charge on any atom is 0.340 e. The summed E-state index contributed by atoms with van der Waals surface area (Å²) < 4.78 is 11.1. The highest BCUT2D eigenvalue weighted by atomic mass is 79.9. The minimum absolute atomic E-state index is 0.310. The lowest BCUT2D eigenvalue weighted by atomic mass is 10.1. The first-order valence-corrected chi connectivity index (χ1v) is 9.35. The Morgan fingerprint density at radius 2 is 1.89 bits per heavy atom. The summed E-state index contributed by atoms with van der Waals surface area (Å²) in [6.07, 6.45) is 0. The first-order chi connectivity index (χ1) is 13.4. The number of benzene rings is 2. The van der Waals surface area contributed by atoms with E-state index in [2.05, 4.69) is 26.2 Å². The molecule has 144 valence electrons. The number of nitrogens with zero attached hydrogens (tertiary/aromatic N) is 1. The molecule has 0 radical (unpaired) electrons. The standard InChI is InChI=1S/C21H19BrN2O4/c1-12-4-6-19(17(22)8-12)24-20(25)11-28-21(26)16-10-14-9-15(27-3)5-7-18(14)23-13(16)2/h4-10H,11H2,1-3H3,(H,24,25). The molecule has 0 unspecified atom stereocenters. The Morgan fingerprint density at radius 3 is 2.61 bits per heavy atom. The monoisotopic (exact) mass is 442 g/mol. The normalized spacial score (nSPS) is 10.6. The lowest BCUT2D eigenvalue weighted by Gasteiger charge is -2.10. The van der Waals surface area contributed by atoms with E-state index in [1.807, 2.05) is 25.1 Å². The lowest BCUT2D eigenvalue weighted by Crippen LogP contribution is -2.21. The van der Waals surface area contributed by atoms with E-state index in [-0.39, 0.29) is 0 Å². The number of anilines is 1. The quantitative estimate of drug-likeness (QED) is 0.591. The van der Waals surface area contributed by atoms with Gasteiger partial charge in [0.15, 0.2) is 6.61 Å². The third kappa shape index (κ3) is 4.48. The van der Waals surface area contributed by atoms with Crippen molar-refractivity contribution in [1.29, 1.82) is 0 Å². The number of esters is 1. The number of nitrogens with one attached hydrogen (secondary N) is 1. The third-order valence-corrected chi connectivity index (χ3v) is 4.82. The molecular weight excluding hydrogens is 424 g/mol. The number of rotatable bonds is 5. The minimum atomic E-state index is -0.604. The summed E-state index contributed by atoms with van der Waals surface area (Å²) in [7, 11) is 1.57. The van der Waals surface area contributed by atoms with Gasteiger partial charge in [0.25, 0.3) is 5.91 Å². The predicted molar refractivity (Wildman–Crippen MR) is 111 cm³/mol. The van der Waals surface area contributed by atoms with Gasteiger partial charge in [0.05, 0.1) is 29.6 Å². The summed E-state index contributed by atoms with van der Waals surface area (Å²) in [5.74, 6) is -0.362. The minimum Gasteiger partial charge on any atom is -0.497 e. The number of ether oxygens (including phenoxy) is 2. The molecule has 2 aromatic carbocycles. The van der Waals surface area contributed by atoms with Crippen LogP contribution in [0.25, 0.3) is 10.9 Å². The average molecular weight is 443 g/mol. The van der Waals surface area contributed by atoms with Gasteiger partial charge in [-0.25, -0.2) is 4.79 Å². The molecule has 1 heterocycles. The van der Waals surface area contributed by atoms with Crippen molar-refractivity contribution in [1.82, 2.24) is 4.98 Å². The molecule has 3 rings (SSSR count). The fourth-order valence-electron chi connectivity index (χ4n) is 2.70. The van der Waals surface area contributed by atoms with E-state index in [4.69, 9.17) is 9.47 Å². The first kappa shape index (κ1) is 19.8. The number of carbonyl (C=O) groups excluding carboxylic acids is 2. The van der Waals surface area contributed by atoms with Gasteiger partial charge in [-0.2, -0.15) is 0 Å². The molecule has 0 aliphatic heterocycles. The molecule has 0 saturated heterocycles. The van der Waals surface area contributed by atoms with Gasteiger partial charge in [-0.05, 0) is 71.7 Å². The second-order valence-electron chi connectivity index (χ2n) is 6.29. The van der Waals surface area contributed by atoms with Gasteiger partial charge in [0.1, 0.15) is 5.75 Å². The average Bonchev–Trinajstić information content (AvgIpc) is 2.67. The summed E-state index contributed by atoms with van der Waals surface area (Å²) in [6, 6.07) is 12.7. The zero-order valence-electron chi connectivity index (χ0n) is 15.7. The van der Waals surface area contributed by atoms with Crippen molar-refractivity contribution in [2.24, 2.45) is 0 Å². The van der Waals surface area contributed by atoms with Crippen LogP contribution >= 0.6 is 15.9 Å². The molecule has 0 aliphatic rings. The van der Waals surface area contributed by atoms with Crippen molar-refractivity contribution in [3.63, 3.8) is 0 Å². The van der Waals surface area contributed by atoms with Crippen molar-refractivity contribution in [2.75, 3.05) is 19.0 Å². The molecule has 7 heteroatoms. The van der Waals surface area contributed by atoms with Crippen LogP contribution in [0, 0.1) is 13.8 Å². The largest absolute Gasteiger partial charge is 0.497 e. The molecular formula is C21H19BrN2O4. The molecule has 28 heavy (non-hydrogen) atoms. The van der Waals surface area contributed by atoms with E-state index in [1.165, 1.54) is 0 Å². The van der Waals surface area contributed by atoms with E-state index in [9.17, 15) is 9.59 Å². The highest BCUT2D eigenvalue weighted by Crippen LogP contribution is 2.24. The van der Waals surface area contributed by atoms with Gasteiger partial charge in [-0.3, -0.25) is 9.78 Å². The number of aryl methyl sites for hydroxylation is 2. The van der Waals surface area contributed by atoms with Crippen LogP contribution in [0.4, 0.5) is 5.69 Å². The summed E-state index contributed by atoms with van der Waals surface area (Å²) in [6.45, 7) is 3.28. The predicted octanol–water partition coefficient (Wildman–Crippen LogP) is 4.42. The van der Waals surface area contributed by atoms with Crippen LogP contribution in [0.1, 0.15) is 21.6 Å². The van der Waals surface area contributed by atoms with Crippen LogP contribution in [0.3, 0.4) is 0 Å². The van der Waals surface area contributed by atoms with Crippen LogP contribution in [0.5, 0.6) is 5.75 Å². The number of amides is 1. The summed E-state index contributed by atoms with van der Waals surface area (Å²) in [5, 5.41) is 3.46. The molecule has 0 saturated carbocycles. The van der Waals surface area contributed by atoms with E-state index >= 15 is 0 Å². The van der Waals surface area contributed by atoms with Crippen molar-refractivity contribution < 1.29 is 19.1 Å². The van der Waals surface area contributed by atoms with E-state index in [1.54, 1.807) is 38.3 Å². The maximum absolute atomic E-state index is 12.4. The number of hydrogen-bond donors (Lipinski definition) is 1. The Morgan fingerprint density at radius 1 is 1.11 bits per heavy atom. The SMILES string of the molecule is COc1ccc2nc(C)c(C(=O)OCC(=O)Nc3ccc(C)cc3Br)cc2c1. The zero-order valence-corrected chi connectivity index (χ0v) is 17.3. The van der Waals surface area contributed by atoms with Crippen LogP contribution in [-0.2, 0) is 9.53 Å². The Bertz CT molecular complexity index is 1070. The Hall–Kier alpha value is -2.93. The van der Waals surface area contributed by atoms with Crippen molar-refractivity contribution in [2.45, 2.75) is 13.8 Å². The second kappa shape index (κ2) is 8.39. The highest BCUT2D eigenvalue weighted by molar-refractivity contribution is 9.10. The van der Waals surface area contributed by atoms with Crippen molar-refractivity contribution in [3.05, 3.63) is 63.8 Å². The number of methoxy groups -OCH3 is 1. The topological polar surface area (TPSA) is 77.5 Å². The lowest BCUT2D eigenvalue weighted by molar-refractivity contribution is -0.119. The number of carbonyl (C=O) groups is 2. The molecule has 1 aromatic heterocycles. The van der Waals surface area contributed by atoms with Crippen LogP contribution < -0.4 is 10.1 Å². The number of fused-ring (bicyclic) bond motifs is 1. The molecule has 3 aromatic rings. The number of pyridine rings is 1. The van der Waals surface area contributed by atoms with E-state index < -0.39 is 18.5 Å². The van der Waals surface area contributed by atoms with Gasteiger partial charge in [0, 0.05) is 9.86 Å². The number of aromatic nitrogens is 1. The van der Waals surface area contributed by atoms with E-state index in [0.29, 0.717) is 22.7 Å². The van der Waals surface area contributed by atoms with Gasteiger partial charge < -0.3 is 14.8 Å². The summed E-state index contributed by atoms with van der Waals surface area (Å²) in [4.78, 5) is 29.0. The Balaban J connectivity index is 1.70. The Kier molecular flexibility index (Phi) is 5.94. The second-order valence-corrected chi connectivity index (χ2v) is 7.14. The van der Waals surface area contributed by atoms with Gasteiger partial charge in [-0.15, -0.1) is 0 Å². The summed E-state index contributed by atoms with van der Waals surface area (Å²) >= 11 is 3.40. The molecule has 1 N–H and O–H groups in total. The zero-order chi connectivity index (χ0) is 20.3. The molecule has 0 aliphatic carbocycles. The fraction of sp³-hybridized carbons (Fsp3) is 0.190. The molecule has 1 amide bonds. The Labute approximate surface area is 171 Å². The van der Waals surface area contributed by atoms with E-state index in [0.717, 1.165) is 20.9 Å². The fourth-order valence-corrected chi connectivity index (χ4v) is 3.29. The third-order valence-electron chi connectivity index (χ3n) is 4.17. The van der Waals surface area contributed by atoms with Gasteiger partial charge in [0.2, 0.25) is 0 Å². The molecule has 0 atom stereocenters. The van der Waals surface area contributed by atoms with Crippen molar-refractivity contribution >= 4 is 44.4 Å². The van der Waals surface area contributed by atoms with Crippen LogP contribution in [0.15, 0.2) is 46.9 Å². The number of hydrogen-bond acceptors (Lipinski definition) is 5. The van der Waals surface area contributed by atoms with Crippen LogP contribution in [-0.4, -0.2) is 30.6 Å². The molecule has 6 nitrogen and oxygen atoms in total. The number of halogens is 1. The maximum atomic E-state index is 12.4.